The van der Waals surface area contributed by atoms with Gasteiger partial charge in [-0.3, -0.25) is 0 Å². The Bertz CT molecular complexity index is 1040. The number of fused-ring (bicyclic) bond motifs is 3. The Morgan fingerprint density at radius 2 is 1.84 bits per heavy atom. The third-order valence-electron chi connectivity index (χ3n) is 5.49. The Hall–Kier alpha value is -3.05. The van der Waals surface area contributed by atoms with E-state index in [4.69, 9.17) is 16.3 Å². The maximum Gasteiger partial charge on any atom is 0.407 e. The standard InChI is InChI=1S/C25H26ClN3O2/c1-2-3-14-23-28-22(24(26)29-23)13-8-15-27-25(30)31-16-21-19-11-6-4-9-17(19)18-10-5-7-12-20(18)21/h4-13,21H,2-3,14-16H2,1H3,(H,27,30)(H,28,29). The Morgan fingerprint density at radius 3 is 2.52 bits per heavy atom. The predicted octanol–water partition coefficient (Wildman–Crippen LogP) is 5.96. The number of aryl methyl sites for hydroxylation is 1. The number of benzene rings is 2. The number of ether oxygens (including phenoxy) is 1. The molecule has 0 saturated carbocycles. The van der Waals surface area contributed by atoms with Crippen LogP contribution in [-0.2, 0) is 11.2 Å². The van der Waals surface area contributed by atoms with E-state index in [-0.39, 0.29) is 5.92 Å². The molecule has 1 heterocycles. The molecule has 0 fully saturated rings. The second-order valence-electron chi connectivity index (χ2n) is 7.60. The third kappa shape index (κ3) is 4.83. The number of hydrogen-bond donors (Lipinski definition) is 2. The molecule has 5 nitrogen and oxygen atoms in total. The van der Waals surface area contributed by atoms with Gasteiger partial charge in [-0.25, -0.2) is 9.78 Å². The van der Waals surface area contributed by atoms with Gasteiger partial charge in [0, 0.05) is 18.9 Å². The van der Waals surface area contributed by atoms with Crippen LogP contribution in [0.25, 0.3) is 17.2 Å². The number of alkyl carbamates (subject to hydrolysis) is 1. The van der Waals surface area contributed by atoms with Gasteiger partial charge in [0.05, 0.1) is 0 Å². The lowest BCUT2D eigenvalue weighted by molar-refractivity contribution is 0.144. The Kier molecular flexibility index (Phi) is 6.73. The van der Waals surface area contributed by atoms with E-state index in [1.807, 2.05) is 30.3 Å². The van der Waals surface area contributed by atoms with Gasteiger partial charge in [-0.1, -0.05) is 79.6 Å². The molecule has 0 atom stereocenters. The first-order valence-corrected chi connectivity index (χ1v) is 11.0. The molecule has 1 aliphatic rings. The summed E-state index contributed by atoms with van der Waals surface area (Å²) < 4.78 is 5.53. The van der Waals surface area contributed by atoms with Crippen LogP contribution < -0.4 is 5.32 Å². The second kappa shape index (κ2) is 9.84. The van der Waals surface area contributed by atoms with Crippen molar-refractivity contribution in [2.24, 2.45) is 0 Å². The number of carbonyl (C=O) groups excluding carboxylic acids is 1. The van der Waals surface area contributed by atoms with Crippen LogP contribution in [0.5, 0.6) is 0 Å². The maximum atomic E-state index is 12.2. The van der Waals surface area contributed by atoms with Crippen molar-refractivity contribution in [3.63, 3.8) is 0 Å². The van der Waals surface area contributed by atoms with E-state index in [1.54, 1.807) is 6.08 Å². The summed E-state index contributed by atoms with van der Waals surface area (Å²) in [5.41, 5.74) is 5.50. The Balaban J connectivity index is 1.30. The van der Waals surface area contributed by atoms with Gasteiger partial charge in [0.2, 0.25) is 0 Å². The molecule has 4 rings (SSSR count). The number of carbonyl (C=O) groups is 1. The first-order valence-electron chi connectivity index (χ1n) is 10.7. The van der Waals surface area contributed by atoms with Crippen LogP contribution in [0.1, 0.15) is 48.3 Å². The fourth-order valence-electron chi connectivity index (χ4n) is 3.95. The molecule has 6 heteroatoms. The van der Waals surface area contributed by atoms with Crippen LogP contribution in [-0.4, -0.2) is 29.2 Å². The summed E-state index contributed by atoms with van der Waals surface area (Å²) >= 11 is 6.19. The molecular formula is C25H26ClN3O2. The Labute approximate surface area is 187 Å². The monoisotopic (exact) mass is 435 g/mol. The average Bonchev–Trinajstić information content (AvgIpc) is 3.31. The summed E-state index contributed by atoms with van der Waals surface area (Å²) in [4.78, 5) is 19.8. The van der Waals surface area contributed by atoms with E-state index in [2.05, 4.69) is 46.5 Å². The minimum Gasteiger partial charge on any atom is -0.449 e. The SMILES string of the molecule is CCCCc1nc(C=CCNC(=O)OCC2c3ccccc3-c3ccccc32)c(Cl)[nH]1. The third-order valence-corrected chi connectivity index (χ3v) is 5.77. The van der Waals surface area contributed by atoms with Crippen molar-refractivity contribution in [3.05, 3.63) is 82.4 Å². The van der Waals surface area contributed by atoms with Crippen molar-refractivity contribution in [1.29, 1.82) is 0 Å². The quantitative estimate of drug-likeness (QED) is 0.459. The van der Waals surface area contributed by atoms with Gasteiger partial charge in [0.15, 0.2) is 0 Å². The molecule has 1 amide bonds. The molecule has 31 heavy (non-hydrogen) atoms. The number of aromatic amines is 1. The van der Waals surface area contributed by atoms with E-state index < -0.39 is 6.09 Å². The molecule has 2 aromatic carbocycles. The largest absolute Gasteiger partial charge is 0.449 e. The molecule has 2 N–H and O–H groups in total. The van der Waals surface area contributed by atoms with Crippen LogP contribution in [0.15, 0.2) is 54.6 Å². The van der Waals surface area contributed by atoms with E-state index in [0.717, 1.165) is 25.1 Å². The highest BCUT2D eigenvalue weighted by atomic mass is 35.5. The second-order valence-corrected chi connectivity index (χ2v) is 7.97. The number of nitrogens with zero attached hydrogens (tertiary/aromatic N) is 1. The highest BCUT2D eigenvalue weighted by molar-refractivity contribution is 6.30. The summed E-state index contributed by atoms with van der Waals surface area (Å²) in [6.07, 6.45) is 6.22. The molecule has 0 unspecified atom stereocenters. The van der Waals surface area contributed by atoms with Gasteiger partial charge in [0.1, 0.15) is 23.3 Å². The number of nitrogens with one attached hydrogen (secondary N) is 2. The van der Waals surface area contributed by atoms with E-state index in [0.29, 0.717) is 24.0 Å². The molecule has 0 spiro atoms. The summed E-state index contributed by atoms with van der Waals surface area (Å²) in [6.45, 7) is 2.78. The number of rotatable bonds is 8. The maximum absolute atomic E-state index is 12.2. The summed E-state index contributed by atoms with van der Waals surface area (Å²) in [5, 5.41) is 3.27. The van der Waals surface area contributed by atoms with E-state index >= 15 is 0 Å². The van der Waals surface area contributed by atoms with Crippen LogP contribution in [0.2, 0.25) is 5.15 Å². The van der Waals surface area contributed by atoms with E-state index in [9.17, 15) is 4.79 Å². The Morgan fingerprint density at radius 1 is 1.16 bits per heavy atom. The van der Waals surface area contributed by atoms with Gasteiger partial charge in [-0.05, 0) is 34.8 Å². The average molecular weight is 436 g/mol. The number of hydrogen-bond acceptors (Lipinski definition) is 3. The normalized spacial score (nSPS) is 12.7. The van der Waals surface area contributed by atoms with Gasteiger partial charge >= 0.3 is 6.09 Å². The van der Waals surface area contributed by atoms with Gasteiger partial charge in [-0.15, -0.1) is 0 Å². The number of amides is 1. The first kappa shape index (κ1) is 21.2. The number of aromatic nitrogens is 2. The molecule has 1 aromatic heterocycles. The highest BCUT2D eigenvalue weighted by Gasteiger charge is 2.28. The highest BCUT2D eigenvalue weighted by Crippen LogP contribution is 2.44. The summed E-state index contributed by atoms with van der Waals surface area (Å²) in [6, 6.07) is 16.6. The fraction of sp³-hybridized carbons (Fsp3) is 0.280. The molecule has 0 radical (unpaired) electrons. The molecular weight excluding hydrogens is 410 g/mol. The van der Waals surface area contributed by atoms with Crippen molar-refractivity contribution in [2.45, 2.75) is 32.1 Å². The number of imidazole rings is 1. The fourth-order valence-corrected chi connectivity index (χ4v) is 4.16. The molecule has 3 aromatic rings. The smallest absolute Gasteiger partial charge is 0.407 e. The zero-order chi connectivity index (χ0) is 21.6. The van der Waals surface area contributed by atoms with Gasteiger partial charge in [-0.2, -0.15) is 0 Å². The van der Waals surface area contributed by atoms with Crippen LogP contribution in [0, 0.1) is 0 Å². The first-order chi connectivity index (χ1) is 15.2. The summed E-state index contributed by atoms with van der Waals surface area (Å²) in [7, 11) is 0. The lowest BCUT2D eigenvalue weighted by Crippen LogP contribution is -2.26. The number of H-pyrrole nitrogens is 1. The molecule has 160 valence electrons. The van der Waals surface area contributed by atoms with Crippen LogP contribution in [0.4, 0.5) is 4.79 Å². The lowest BCUT2D eigenvalue weighted by Gasteiger charge is -2.14. The molecule has 1 aliphatic carbocycles. The minimum atomic E-state index is -0.441. The molecule has 0 aliphatic heterocycles. The van der Waals surface area contributed by atoms with Crippen molar-refractivity contribution >= 4 is 23.8 Å². The van der Waals surface area contributed by atoms with Crippen molar-refractivity contribution in [1.82, 2.24) is 15.3 Å². The van der Waals surface area contributed by atoms with Crippen LogP contribution in [0.3, 0.4) is 0 Å². The zero-order valence-corrected chi connectivity index (χ0v) is 18.3. The minimum absolute atomic E-state index is 0.0538. The number of halogens is 1. The van der Waals surface area contributed by atoms with Crippen LogP contribution >= 0.6 is 11.6 Å². The van der Waals surface area contributed by atoms with Gasteiger partial charge in [0.25, 0.3) is 0 Å². The van der Waals surface area contributed by atoms with Gasteiger partial charge < -0.3 is 15.0 Å². The molecule has 0 saturated heterocycles. The number of unbranched alkanes of at least 4 members (excludes halogenated alkanes) is 1. The van der Waals surface area contributed by atoms with Crippen molar-refractivity contribution < 1.29 is 9.53 Å². The molecule has 0 bridgehead atoms. The predicted molar refractivity (Wildman–Crippen MR) is 124 cm³/mol. The van der Waals surface area contributed by atoms with Crippen molar-refractivity contribution in [3.8, 4) is 11.1 Å². The topological polar surface area (TPSA) is 67.0 Å². The zero-order valence-electron chi connectivity index (χ0n) is 17.5. The summed E-state index contributed by atoms with van der Waals surface area (Å²) in [5.74, 6) is 0.939. The lowest BCUT2D eigenvalue weighted by atomic mass is 9.98. The van der Waals surface area contributed by atoms with E-state index in [1.165, 1.54) is 22.3 Å². The van der Waals surface area contributed by atoms with Crippen molar-refractivity contribution in [2.75, 3.05) is 13.2 Å².